The monoisotopic (exact) mass is 403 g/mol. The number of amides is 1. The summed E-state index contributed by atoms with van der Waals surface area (Å²) in [5.41, 5.74) is 1.16. The first kappa shape index (κ1) is 17.5. The third-order valence-electron chi connectivity index (χ3n) is 4.12. The summed E-state index contributed by atoms with van der Waals surface area (Å²) in [6.45, 7) is 1.80. The Hall–Kier alpha value is -2.91. The molecule has 4 rings (SSSR count). The fourth-order valence-electron chi connectivity index (χ4n) is 2.80. The number of benzene rings is 2. The molecule has 2 aromatic carbocycles. The number of carbonyl (C=O) groups excluding carboxylic acids is 1. The zero-order valence-corrected chi connectivity index (χ0v) is 15.6. The van der Waals surface area contributed by atoms with E-state index in [0.29, 0.717) is 10.7 Å². The third-order valence-corrected chi connectivity index (χ3v) is 5.73. The molecule has 3 aromatic rings. The van der Waals surface area contributed by atoms with Crippen molar-refractivity contribution in [3.8, 4) is 5.69 Å². The van der Waals surface area contributed by atoms with Crippen molar-refractivity contribution < 1.29 is 13.2 Å². The number of halogens is 1. The lowest BCUT2D eigenvalue weighted by atomic mass is 10.1. The van der Waals surface area contributed by atoms with Crippen LogP contribution < -0.4 is 10.0 Å². The van der Waals surface area contributed by atoms with Crippen molar-refractivity contribution in [1.29, 1.82) is 0 Å². The molecule has 0 bridgehead atoms. The first-order valence-electron chi connectivity index (χ1n) is 8.01. The van der Waals surface area contributed by atoms with Gasteiger partial charge < -0.3 is 5.32 Å². The summed E-state index contributed by atoms with van der Waals surface area (Å²) >= 11 is 5.98. The van der Waals surface area contributed by atoms with Crippen LogP contribution >= 0.6 is 11.6 Å². The summed E-state index contributed by atoms with van der Waals surface area (Å²) in [6.07, 6.45) is 0. The van der Waals surface area contributed by atoms with Gasteiger partial charge in [-0.2, -0.15) is 9.67 Å². The summed E-state index contributed by atoms with van der Waals surface area (Å²) in [7, 11) is -3.76. The van der Waals surface area contributed by atoms with Crippen LogP contribution in [0.5, 0.6) is 0 Å². The Labute approximate surface area is 160 Å². The van der Waals surface area contributed by atoms with Crippen LogP contribution in [0.3, 0.4) is 0 Å². The second kappa shape index (κ2) is 6.36. The molecule has 0 saturated carbocycles. The van der Waals surface area contributed by atoms with Crippen molar-refractivity contribution in [2.75, 3.05) is 4.72 Å². The molecule has 0 spiro atoms. The number of para-hydroxylation sites is 1. The van der Waals surface area contributed by atoms with Gasteiger partial charge in [0.05, 0.1) is 11.7 Å². The van der Waals surface area contributed by atoms with Crippen LogP contribution in [0.25, 0.3) is 5.69 Å². The molecule has 10 heteroatoms. The lowest BCUT2D eigenvalue weighted by molar-refractivity contribution is 0.0929. The second-order valence-corrected chi connectivity index (χ2v) is 8.08. The van der Waals surface area contributed by atoms with E-state index < -0.39 is 15.9 Å². The van der Waals surface area contributed by atoms with Crippen LogP contribution in [-0.2, 0) is 10.0 Å². The second-order valence-electron chi connectivity index (χ2n) is 5.99. The minimum absolute atomic E-state index is 0.0331. The maximum absolute atomic E-state index is 12.5. The maximum atomic E-state index is 12.5. The Kier molecular flexibility index (Phi) is 4.12. The van der Waals surface area contributed by atoms with Crippen molar-refractivity contribution in [2.24, 2.45) is 0 Å². The summed E-state index contributed by atoms with van der Waals surface area (Å²) in [4.78, 5) is 16.6. The Morgan fingerprint density at radius 3 is 2.78 bits per heavy atom. The molecule has 8 nitrogen and oxygen atoms in total. The highest BCUT2D eigenvalue weighted by molar-refractivity contribution is 7.92. The van der Waals surface area contributed by atoms with Gasteiger partial charge in [-0.15, -0.1) is 5.10 Å². The summed E-state index contributed by atoms with van der Waals surface area (Å²) in [5, 5.41) is 7.51. The number of anilines is 1. The largest absolute Gasteiger partial charge is 0.343 e. The number of aromatic nitrogens is 3. The standard InChI is InChI=1S/C17H14ClN5O3S/c1-10(11-5-4-6-12(18)9-11)19-16(24)15-20-17-22-27(25,26)14-8-3-2-7-13(14)23(17)21-15/h2-10H,1H3,(H,19,24)(H,20,21,22). The SMILES string of the molecule is CC(NC(=O)c1nc2n(n1)-c1ccccc1S(=O)(=O)N2)c1cccc(Cl)c1. The summed E-state index contributed by atoms with van der Waals surface area (Å²) in [5.74, 6) is -0.700. The van der Waals surface area contributed by atoms with Crippen LogP contribution in [0.4, 0.5) is 5.95 Å². The first-order chi connectivity index (χ1) is 12.8. The first-order valence-corrected chi connectivity index (χ1v) is 9.87. The van der Waals surface area contributed by atoms with Crippen molar-refractivity contribution in [3.63, 3.8) is 0 Å². The van der Waals surface area contributed by atoms with E-state index in [0.717, 1.165) is 5.56 Å². The fraction of sp³-hybridized carbons (Fsp3) is 0.118. The Morgan fingerprint density at radius 1 is 1.22 bits per heavy atom. The number of hydrogen-bond acceptors (Lipinski definition) is 5. The highest BCUT2D eigenvalue weighted by Crippen LogP contribution is 2.29. The van der Waals surface area contributed by atoms with Crippen LogP contribution in [0.2, 0.25) is 5.02 Å². The lowest BCUT2D eigenvalue weighted by Gasteiger charge is -2.17. The fourth-order valence-corrected chi connectivity index (χ4v) is 4.17. The van der Waals surface area contributed by atoms with Crippen molar-refractivity contribution >= 4 is 33.5 Å². The molecule has 1 aromatic heterocycles. The molecule has 2 N–H and O–H groups in total. The molecule has 0 radical (unpaired) electrons. The average molecular weight is 404 g/mol. The van der Waals surface area contributed by atoms with Crippen LogP contribution in [0, 0.1) is 0 Å². The predicted octanol–water partition coefficient (Wildman–Crippen LogP) is 2.53. The van der Waals surface area contributed by atoms with Gasteiger partial charge in [0, 0.05) is 5.02 Å². The van der Waals surface area contributed by atoms with Crippen molar-refractivity contribution in [2.45, 2.75) is 17.9 Å². The van der Waals surface area contributed by atoms with E-state index in [1.165, 1.54) is 10.7 Å². The Morgan fingerprint density at radius 2 is 2.00 bits per heavy atom. The number of nitrogens with zero attached hydrogens (tertiary/aromatic N) is 3. The highest BCUT2D eigenvalue weighted by atomic mass is 35.5. The van der Waals surface area contributed by atoms with Crippen molar-refractivity contribution in [3.05, 3.63) is 64.9 Å². The number of hydrogen-bond donors (Lipinski definition) is 2. The smallest absolute Gasteiger partial charge is 0.291 e. The quantitative estimate of drug-likeness (QED) is 0.699. The molecule has 0 saturated heterocycles. The van der Waals surface area contributed by atoms with Crippen LogP contribution in [-0.4, -0.2) is 29.1 Å². The number of carbonyl (C=O) groups is 1. The normalized spacial score (nSPS) is 15.2. The highest BCUT2D eigenvalue weighted by Gasteiger charge is 2.31. The van der Waals surface area contributed by atoms with E-state index in [9.17, 15) is 13.2 Å². The van der Waals surface area contributed by atoms with E-state index in [1.807, 2.05) is 6.07 Å². The molecule has 27 heavy (non-hydrogen) atoms. The summed E-state index contributed by atoms with van der Waals surface area (Å²) < 4.78 is 28.2. The third kappa shape index (κ3) is 3.15. The molecule has 1 atom stereocenters. The van der Waals surface area contributed by atoms with Gasteiger partial charge in [-0.25, -0.2) is 13.1 Å². The molecule has 0 aliphatic carbocycles. The number of sulfonamides is 1. The van der Waals surface area contributed by atoms with Gasteiger partial charge in [-0.05, 0) is 36.8 Å². The van der Waals surface area contributed by atoms with E-state index in [1.54, 1.807) is 43.3 Å². The van der Waals surface area contributed by atoms with Gasteiger partial charge in [0.25, 0.3) is 15.9 Å². The van der Waals surface area contributed by atoms with Gasteiger partial charge >= 0.3 is 0 Å². The zero-order valence-electron chi connectivity index (χ0n) is 14.0. The average Bonchev–Trinajstić information content (AvgIpc) is 3.05. The predicted molar refractivity (Wildman–Crippen MR) is 99.5 cm³/mol. The van der Waals surface area contributed by atoms with Crippen molar-refractivity contribution in [1.82, 2.24) is 20.1 Å². The van der Waals surface area contributed by atoms with Gasteiger partial charge in [-0.1, -0.05) is 35.9 Å². The lowest BCUT2D eigenvalue weighted by Crippen LogP contribution is -2.27. The number of rotatable bonds is 3. The summed E-state index contributed by atoms with van der Waals surface area (Å²) in [6, 6.07) is 13.2. The molecular weight excluding hydrogens is 390 g/mol. The van der Waals surface area contributed by atoms with E-state index in [4.69, 9.17) is 11.6 Å². The zero-order chi connectivity index (χ0) is 19.2. The van der Waals surface area contributed by atoms with E-state index in [-0.39, 0.29) is 22.7 Å². The van der Waals surface area contributed by atoms with Gasteiger partial charge in [0.15, 0.2) is 0 Å². The van der Waals surface area contributed by atoms with Gasteiger partial charge in [0.1, 0.15) is 4.90 Å². The molecular formula is C17H14ClN5O3S. The minimum Gasteiger partial charge on any atom is -0.343 e. The maximum Gasteiger partial charge on any atom is 0.291 e. The topological polar surface area (TPSA) is 106 Å². The molecule has 2 heterocycles. The van der Waals surface area contributed by atoms with Crippen LogP contribution in [0.1, 0.15) is 29.1 Å². The molecule has 1 amide bonds. The Bertz CT molecular complexity index is 1160. The number of fused-ring (bicyclic) bond motifs is 3. The van der Waals surface area contributed by atoms with E-state index in [2.05, 4.69) is 20.1 Å². The Balaban J connectivity index is 1.64. The molecule has 1 unspecified atom stereocenters. The minimum atomic E-state index is -3.76. The van der Waals surface area contributed by atoms with Gasteiger partial charge in [0.2, 0.25) is 11.8 Å². The molecule has 1 aliphatic rings. The number of nitrogens with one attached hydrogen (secondary N) is 2. The van der Waals surface area contributed by atoms with Crippen LogP contribution in [0.15, 0.2) is 53.4 Å². The van der Waals surface area contributed by atoms with E-state index >= 15 is 0 Å². The molecule has 1 aliphatic heterocycles. The van der Waals surface area contributed by atoms with Gasteiger partial charge in [-0.3, -0.25) is 4.79 Å². The molecule has 138 valence electrons. The molecule has 0 fully saturated rings.